The minimum Gasteiger partial charge on any atom is -0.465 e. The zero-order valence-electron chi connectivity index (χ0n) is 17.8. The molecule has 168 valence electrons. The Morgan fingerprint density at radius 1 is 1.16 bits per heavy atom. The Kier molecular flexibility index (Phi) is 6.96. The van der Waals surface area contributed by atoms with Crippen molar-refractivity contribution in [1.29, 1.82) is 0 Å². The number of amides is 2. The number of rotatable bonds is 6. The molecular weight excluding hydrogens is 430 g/mol. The Morgan fingerprint density at radius 2 is 1.94 bits per heavy atom. The maximum atomic E-state index is 12.7. The van der Waals surface area contributed by atoms with Gasteiger partial charge in [0.05, 0.1) is 43.0 Å². The summed E-state index contributed by atoms with van der Waals surface area (Å²) in [7, 11) is 1.31. The average molecular weight is 456 g/mol. The second-order valence-corrected chi connectivity index (χ2v) is 8.44. The van der Waals surface area contributed by atoms with Crippen LogP contribution in [0.3, 0.4) is 0 Å². The fourth-order valence-corrected chi connectivity index (χ4v) is 4.70. The molecule has 0 radical (unpaired) electrons. The van der Waals surface area contributed by atoms with E-state index in [9.17, 15) is 14.4 Å². The number of morpholine rings is 1. The third kappa shape index (κ3) is 4.89. The van der Waals surface area contributed by atoms with Crippen LogP contribution in [0.15, 0.2) is 47.4 Å². The van der Waals surface area contributed by atoms with Crippen LogP contribution in [0.4, 0.5) is 17.1 Å². The molecule has 32 heavy (non-hydrogen) atoms. The predicted molar refractivity (Wildman–Crippen MR) is 124 cm³/mol. The van der Waals surface area contributed by atoms with E-state index in [1.54, 1.807) is 17.0 Å². The number of thioether (sulfide) groups is 1. The van der Waals surface area contributed by atoms with Crippen molar-refractivity contribution < 1.29 is 23.9 Å². The highest BCUT2D eigenvalue weighted by Gasteiger charge is 2.25. The molecular formula is C23H25N3O5S. The van der Waals surface area contributed by atoms with Gasteiger partial charge in [-0.05, 0) is 30.3 Å². The van der Waals surface area contributed by atoms with E-state index in [1.165, 1.54) is 18.9 Å². The monoisotopic (exact) mass is 455 g/mol. The van der Waals surface area contributed by atoms with Crippen LogP contribution >= 0.6 is 11.8 Å². The van der Waals surface area contributed by atoms with Crippen molar-refractivity contribution in [2.24, 2.45) is 0 Å². The molecule has 2 aliphatic heterocycles. The lowest BCUT2D eigenvalue weighted by Gasteiger charge is -2.29. The number of para-hydroxylation sites is 1. The van der Waals surface area contributed by atoms with Crippen LogP contribution in [0.2, 0.25) is 0 Å². The zero-order chi connectivity index (χ0) is 22.5. The van der Waals surface area contributed by atoms with Gasteiger partial charge >= 0.3 is 5.97 Å². The Hall–Kier alpha value is -3.04. The van der Waals surface area contributed by atoms with Crippen LogP contribution in [0.25, 0.3) is 0 Å². The molecule has 0 atom stereocenters. The largest absolute Gasteiger partial charge is 0.465 e. The minimum absolute atomic E-state index is 0.0217. The third-order valence-corrected chi connectivity index (χ3v) is 6.48. The third-order valence-electron chi connectivity index (χ3n) is 5.43. The molecule has 1 saturated heterocycles. The maximum Gasteiger partial charge on any atom is 0.340 e. The molecule has 2 aromatic rings. The first-order chi connectivity index (χ1) is 15.6. The van der Waals surface area contributed by atoms with Crippen molar-refractivity contribution in [1.82, 2.24) is 0 Å². The molecule has 0 spiro atoms. The second kappa shape index (κ2) is 10.1. The molecule has 8 nitrogen and oxygen atoms in total. The van der Waals surface area contributed by atoms with Gasteiger partial charge in [-0.2, -0.15) is 0 Å². The van der Waals surface area contributed by atoms with E-state index in [1.807, 2.05) is 30.3 Å². The smallest absolute Gasteiger partial charge is 0.340 e. The number of nitrogens with zero attached hydrogens (tertiary/aromatic N) is 2. The predicted octanol–water partition coefficient (Wildman–Crippen LogP) is 2.78. The lowest BCUT2D eigenvalue weighted by molar-refractivity contribution is -0.117. The molecule has 0 unspecified atom stereocenters. The number of ether oxygens (including phenoxy) is 2. The molecule has 2 amide bonds. The molecule has 4 rings (SSSR count). The van der Waals surface area contributed by atoms with Crippen LogP contribution in [0.1, 0.15) is 16.8 Å². The molecule has 0 saturated carbocycles. The molecule has 0 aromatic heterocycles. The van der Waals surface area contributed by atoms with Crippen molar-refractivity contribution in [3.8, 4) is 0 Å². The summed E-state index contributed by atoms with van der Waals surface area (Å²) < 4.78 is 10.3. The molecule has 0 bridgehead atoms. The summed E-state index contributed by atoms with van der Waals surface area (Å²) in [6.45, 7) is 2.99. The van der Waals surface area contributed by atoms with Crippen LogP contribution in [0, 0.1) is 0 Å². The lowest BCUT2D eigenvalue weighted by Crippen LogP contribution is -2.37. The molecule has 0 aliphatic carbocycles. The Morgan fingerprint density at radius 3 is 2.72 bits per heavy atom. The number of fused-ring (bicyclic) bond motifs is 1. The summed E-state index contributed by atoms with van der Waals surface area (Å²) in [6.07, 6.45) is 0.108. The van der Waals surface area contributed by atoms with Gasteiger partial charge in [0.2, 0.25) is 11.8 Å². The van der Waals surface area contributed by atoms with Crippen LogP contribution < -0.4 is 15.1 Å². The second-order valence-electron chi connectivity index (χ2n) is 7.42. The van der Waals surface area contributed by atoms with E-state index >= 15 is 0 Å². The van der Waals surface area contributed by atoms with Crippen molar-refractivity contribution in [2.75, 3.05) is 60.8 Å². The van der Waals surface area contributed by atoms with Crippen LogP contribution in [-0.4, -0.2) is 63.5 Å². The number of carbonyl (C=O) groups is 3. The highest BCUT2D eigenvalue weighted by molar-refractivity contribution is 8.00. The lowest BCUT2D eigenvalue weighted by atomic mass is 10.1. The van der Waals surface area contributed by atoms with Crippen molar-refractivity contribution in [3.05, 3.63) is 48.0 Å². The Bertz CT molecular complexity index is 1020. The number of anilines is 3. The molecule has 2 aromatic carbocycles. The van der Waals surface area contributed by atoms with E-state index in [2.05, 4.69) is 10.2 Å². The maximum absolute atomic E-state index is 12.7. The summed E-state index contributed by atoms with van der Waals surface area (Å²) >= 11 is 1.50. The first-order valence-electron chi connectivity index (χ1n) is 10.4. The number of methoxy groups -OCH3 is 1. The first-order valence-corrected chi connectivity index (χ1v) is 11.4. The van der Waals surface area contributed by atoms with Gasteiger partial charge in [-0.1, -0.05) is 12.1 Å². The summed E-state index contributed by atoms with van der Waals surface area (Å²) in [5.74, 6) is -0.467. The summed E-state index contributed by atoms with van der Waals surface area (Å²) in [5.41, 5.74) is 2.38. The average Bonchev–Trinajstić information content (AvgIpc) is 2.83. The van der Waals surface area contributed by atoms with E-state index in [0.29, 0.717) is 30.2 Å². The van der Waals surface area contributed by atoms with Gasteiger partial charge in [0.25, 0.3) is 0 Å². The molecule has 9 heteroatoms. The van der Waals surface area contributed by atoms with E-state index in [-0.39, 0.29) is 24.8 Å². The fraction of sp³-hybridized carbons (Fsp3) is 0.348. The van der Waals surface area contributed by atoms with Crippen molar-refractivity contribution >= 4 is 46.6 Å². The number of esters is 1. The number of nitrogens with one attached hydrogen (secondary N) is 1. The van der Waals surface area contributed by atoms with Gasteiger partial charge in [-0.3, -0.25) is 9.59 Å². The van der Waals surface area contributed by atoms with E-state index < -0.39 is 5.97 Å². The van der Waals surface area contributed by atoms with Crippen molar-refractivity contribution in [3.63, 3.8) is 0 Å². The number of benzene rings is 2. The summed E-state index contributed by atoms with van der Waals surface area (Å²) in [6, 6.07) is 13.0. The van der Waals surface area contributed by atoms with E-state index in [0.717, 1.165) is 29.4 Å². The normalized spacial score (nSPS) is 15.8. The van der Waals surface area contributed by atoms with E-state index in [4.69, 9.17) is 9.47 Å². The van der Waals surface area contributed by atoms with Gasteiger partial charge in [-0.25, -0.2) is 4.79 Å². The molecule has 1 N–H and O–H groups in total. The molecule has 2 heterocycles. The summed E-state index contributed by atoms with van der Waals surface area (Å²) in [5, 5.41) is 2.81. The standard InChI is InChI=1S/C23H25N3O5S/c1-30-23(29)17-14-16(25-10-12-31-13-11-25)6-7-18(17)24-21(27)8-9-26-19-4-2-3-5-20(19)32-15-22(26)28/h2-7,14H,8-13,15H2,1H3,(H,24,27). The molecule has 2 aliphatic rings. The van der Waals surface area contributed by atoms with Gasteiger partial charge in [0.15, 0.2) is 0 Å². The first kappa shape index (κ1) is 22.2. The van der Waals surface area contributed by atoms with Gasteiger partial charge < -0.3 is 24.6 Å². The van der Waals surface area contributed by atoms with Crippen molar-refractivity contribution in [2.45, 2.75) is 11.3 Å². The number of carbonyl (C=O) groups excluding carboxylic acids is 3. The van der Waals surface area contributed by atoms with Gasteiger partial charge in [0, 0.05) is 36.6 Å². The van der Waals surface area contributed by atoms with Gasteiger partial charge in [-0.15, -0.1) is 11.8 Å². The Balaban J connectivity index is 1.45. The fourth-order valence-electron chi connectivity index (χ4n) is 3.76. The molecule has 1 fully saturated rings. The minimum atomic E-state index is -0.521. The van der Waals surface area contributed by atoms with Crippen LogP contribution in [-0.2, 0) is 19.1 Å². The van der Waals surface area contributed by atoms with Gasteiger partial charge in [0.1, 0.15) is 0 Å². The summed E-state index contributed by atoms with van der Waals surface area (Å²) in [4.78, 5) is 42.2. The topological polar surface area (TPSA) is 88.2 Å². The number of hydrogen-bond acceptors (Lipinski definition) is 7. The SMILES string of the molecule is COC(=O)c1cc(N2CCOCC2)ccc1NC(=O)CCN1C(=O)CSc2ccccc21. The quantitative estimate of drug-likeness (QED) is 0.670. The zero-order valence-corrected chi connectivity index (χ0v) is 18.7. The Labute approximate surface area is 190 Å². The highest BCUT2D eigenvalue weighted by Crippen LogP contribution is 2.35. The highest BCUT2D eigenvalue weighted by atomic mass is 32.2. The number of hydrogen-bond donors (Lipinski definition) is 1. The van der Waals surface area contributed by atoms with Crippen LogP contribution in [0.5, 0.6) is 0 Å².